The number of benzene rings is 1. The Morgan fingerprint density at radius 2 is 1.68 bits per heavy atom. The monoisotopic (exact) mass is 550 g/mol. The van der Waals surface area contributed by atoms with Crippen LogP contribution in [-0.4, -0.2) is 22.8 Å². The molecule has 0 aliphatic heterocycles. The van der Waals surface area contributed by atoms with Gasteiger partial charge in [-0.05, 0) is 148 Å². The second-order valence-electron chi connectivity index (χ2n) is 15.3. The van der Waals surface area contributed by atoms with Crippen LogP contribution < -0.4 is 0 Å². The van der Waals surface area contributed by atoms with Gasteiger partial charge >= 0.3 is 5.97 Å². The van der Waals surface area contributed by atoms with Crippen molar-refractivity contribution >= 4 is 5.97 Å². The lowest BCUT2D eigenvalue weighted by molar-refractivity contribution is -0.157. The minimum absolute atomic E-state index is 0.142. The molecule has 3 nitrogen and oxygen atoms in total. The summed E-state index contributed by atoms with van der Waals surface area (Å²) in [6.45, 7) is 14.2. The highest BCUT2D eigenvalue weighted by Gasteiger charge is 2.62. The molecule has 10 atom stereocenters. The van der Waals surface area contributed by atoms with Crippen molar-refractivity contribution < 1.29 is 14.6 Å². The smallest absolute Gasteiger partial charge is 0.338 e. The first-order valence-corrected chi connectivity index (χ1v) is 17.1. The Morgan fingerprint density at radius 3 is 2.35 bits per heavy atom. The largest absolute Gasteiger partial charge is 0.455 e. The molecule has 4 aliphatic carbocycles. The molecule has 1 unspecified atom stereocenters. The molecule has 1 aromatic rings. The lowest BCUT2D eigenvalue weighted by Crippen LogP contribution is -2.57. The molecule has 0 aromatic heterocycles. The van der Waals surface area contributed by atoms with Gasteiger partial charge in [0.05, 0.1) is 11.7 Å². The normalized spacial score (nSPS) is 40.5. The van der Waals surface area contributed by atoms with Crippen LogP contribution in [0.5, 0.6) is 0 Å². The summed E-state index contributed by atoms with van der Waals surface area (Å²) in [7, 11) is 0. The van der Waals surface area contributed by atoms with E-state index in [-0.39, 0.29) is 17.7 Å². The van der Waals surface area contributed by atoms with Crippen molar-refractivity contribution in [3.63, 3.8) is 0 Å². The minimum Gasteiger partial charge on any atom is -0.455 e. The van der Waals surface area contributed by atoms with Crippen molar-refractivity contribution in [3.8, 4) is 0 Å². The van der Waals surface area contributed by atoms with Crippen molar-refractivity contribution in [2.24, 2.45) is 52.3 Å². The Bertz CT molecular complexity index is 1000. The van der Waals surface area contributed by atoms with Gasteiger partial charge in [0.25, 0.3) is 0 Å². The molecule has 0 spiro atoms. The van der Waals surface area contributed by atoms with Crippen molar-refractivity contribution in [2.45, 2.75) is 137 Å². The second-order valence-corrected chi connectivity index (χ2v) is 15.3. The fraction of sp³-hybridized carbons (Fsp3) is 0.811. The lowest BCUT2D eigenvalue weighted by atomic mass is 9.43. The number of fused-ring (bicyclic) bond motifs is 5. The predicted molar refractivity (Wildman–Crippen MR) is 164 cm³/mol. The van der Waals surface area contributed by atoms with E-state index in [9.17, 15) is 9.90 Å². The fourth-order valence-corrected chi connectivity index (χ4v) is 11.0. The molecule has 0 amide bonds. The van der Waals surface area contributed by atoms with Crippen molar-refractivity contribution in [1.82, 2.24) is 0 Å². The van der Waals surface area contributed by atoms with Gasteiger partial charge in [-0.3, -0.25) is 0 Å². The van der Waals surface area contributed by atoms with E-state index >= 15 is 0 Å². The molecule has 4 saturated carbocycles. The van der Waals surface area contributed by atoms with Gasteiger partial charge in [-0.1, -0.05) is 59.7 Å². The van der Waals surface area contributed by atoms with E-state index in [4.69, 9.17) is 4.74 Å². The first kappa shape index (κ1) is 30.1. The molecular weight excluding hydrogens is 492 g/mol. The highest BCUT2D eigenvalue weighted by Crippen LogP contribution is 2.70. The van der Waals surface area contributed by atoms with Crippen LogP contribution in [0.15, 0.2) is 30.3 Å². The quantitative estimate of drug-likeness (QED) is 0.311. The summed E-state index contributed by atoms with van der Waals surface area (Å²) >= 11 is 0. The van der Waals surface area contributed by atoms with Crippen LogP contribution in [0.25, 0.3) is 0 Å². The summed E-state index contributed by atoms with van der Waals surface area (Å²) < 4.78 is 6.39. The maximum absolute atomic E-state index is 13.1. The van der Waals surface area contributed by atoms with Gasteiger partial charge in [0.15, 0.2) is 0 Å². The van der Waals surface area contributed by atoms with Crippen LogP contribution in [0.4, 0.5) is 0 Å². The van der Waals surface area contributed by atoms with Gasteiger partial charge in [0.2, 0.25) is 0 Å². The third kappa shape index (κ3) is 5.20. The highest BCUT2D eigenvalue weighted by atomic mass is 16.6. The molecule has 40 heavy (non-hydrogen) atoms. The first-order valence-electron chi connectivity index (χ1n) is 17.1. The average Bonchev–Trinajstić information content (AvgIpc) is 3.36. The number of esters is 1. The van der Waals surface area contributed by atoms with E-state index in [1.807, 2.05) is 30.3 Å². The van der Waals surface area contributed by atoms with E-state index in [1.54, 1.807) is 0 Å². The van der Waals surface area contributed by atoms with Crippen LogP contribution in [0.2, 0.25) is 0 Å². The third-order valence-corrected chi connectivity index (χ3v) is 13.6. The van der Waals surface area contributed by atoms with Crippen LogP contribution in [0.3, 0.4) is 0 Å². The van der Waals surface area contributed by atoms with Crippen LogP contribution in [0.1, 0.15) is 135 Å². The number of carbonyl (C=O) groups excluding carboxylic acids is 1. The molecule has 0 saturated heterocycles. The number of hydrogen-bond acceptors (Lipinski definition) is 3. The van der Waals surface area contributed by atoms with Crippen molar-refractivity contribution in [2.75, 3.05) is 0 Å². The van der Waals surface area contributed by atoms with Gasteiger partial charge in [-0.15, -0.1) is 0 Å². The van der Waals surface area contributed by atoms with Gasteiger partial charge in [0.1, 0.15) is 5.60 Å². The van der Waals surface area contributed by atoms with Gasteiger partial charge in [0, 0.05) is 0 Å². The van der Waals surface area contributed by atoms with Crippen LogP contribution in [0, 0.1) is 52.3 Å². The Balaban J connectivity index is 1.29. The summed E-state index contributed by atoms with van der Waals surface area (Å²) in [4.78, 5) is 13.1. The van der Waals surface area contributed by atoms with Crippen molar-refractivity contribution in [1.29, 1.82) is 0 Å². The Labute approximate surface area is 245 Å². The highest BCUT2D eigenvalue weighted by molar-refractivity contribution is 5.89. The molecular formula is C37H58O3. The Hall–Kier alpha value is -1.35. The third-order valence-electron chi connectivity index (χ3n) is 13.6. The summed E-state index contributed by atoms with van der Waals surface area (Å²) in [6.07, 6.45) is 15.8. The van der Waals surface area contributed by atoms with Crippen molar-refractivity contribution in [3.05, 3.63) is 35.9 Å². The van der Waals surface area contributed by atoms with Gasteiger partial charge < -0.3 is 9.84 Å². The van der Waals surface area contributed by atoms with Crippen LogP contribution in [-0.2, 0) is 4.74 Å². The predicted octanol–water partition coefficient (Wildman–Crippen LogP) is 9.47. The SMILES string of the molecule is CC[C@]1(OC(=O)c2ccccc2)CC[C@@]2(C)[C@@H](CC[C@@H]3[C@@H]2CC[C@]2(CC)[C@@H]([C@H](C)CCC(O)C(C)C)CC[C@@H]32)C1. The maximum Gasteiger partial charge on any atom is 0.338 e. The summed E-state index contributed by atoms with van der Waals surface area (Å²) in [5.74, 6) is 4.99. The molecule has 0 heterocycles. The standard InChI is InChI=1S/C37H58O3/c1-7-36(40-34(39)27-12-10-9-11-13-27)23-22-35(6)28(24-36)15-16-29-31(35)20-21-37(8-2)30(17-18-32(29)37)26(5)14-19-33(38)25(3)4/h9-13,25-26,28-33,38H,7-8,14-24H2,1-6H3/t26-,28+,29-,30-,31+,32+,33?,35+,36+,37-/m1/s1. The number of ether oxygens (including phenoxy) is 1. The molecule has 1 N–H and O–H groups in total. The maximum atomic E-state index is 13.1. The first-order chi connectivity index (χ1) is 19.1. The molecule has 224 valence electrons. The summed E-state index contributed by atoms with van der Waals surface area (Å²) in [6, 6.07) is 9.58. The van der Waals surface area contributed by atoms with Crippen LogP contribution >= 0.6 is 0 Å². The number of aliphatic hydroxyl groups excluding tert-OH is 1. The van der Waals surface area contributed by atoms with E-state index in [0.29, 0.717) is 34.1 Å². The number of rotatable bonds is 9. The van der Waals surface area contributed by atoms with E-state index in [1.165, 1.54) is 57.8 Å². The average molecular weight is 551 g/mol. The zero-order chi connectivity index (χ0) is 28.7. The molecule has 5 rings (SSSR count). The molecule has 3 heteroatoms. The number of aliphatic hydroxyl groups is 1. The zero-order valence-corrected chi connectivity index (χ0v) is 26.5. The number of carbonyl (C=O) groups is 1. The minimum atomic E-state index is -0.305. The molecule has 4 aliphatic rings. The second kappa shape index (κ2) is 11.7. The molecule has 0 radical (unpaired) electrons. The number of hydrogen-bond donors (Lipinski definition) is 1. The lowest BCUT2D eigenvalue weighted by Gasteiger charge is -2.63. The van der Waals surface area contributed by atoms with Gasteiger partial charge in [-0.2, -0.15) is 0 Å². The van der Waals surface area contributed by atoms with E-state index < -0.39 is 0 Å². The van der Waals surface area contributed by atoms with E-state index in [0.717, 1.165) is 49.4 Å². The topological polar surface area (TPSA) is 46.5 Å². The fourth-order valence-electron chi connectivity index (χ4n) is 11.0. The Morgan fingerprint density at radius 1 is 0.925 bits per heavy atom. The molecule has 0 bridgehead atoms. The summed E-state index contributed by atoms with van der Waals surface area (Å²) in [5, 5.41) is 10.5. The molecule has 1 aromatic carbocycles. The zero-order valence-electron chi connectivity index (χ0n) is 26.5. The summed E-state index contributed by atoms with van der Waals surface area (Å²) in [5.41, 5.74) is 1.27. The molecule has 4 fully saturated rings. The Kier molecular flexibility index (Phi) is 8.84. The van der Waals surface area contributed by atoms with E-state index in [2.05, 4.69) is 41.5 Å². The van der Waals surface area contributed by atoms with Gasteiger partial charge in [-0.25, -0.2) is 4.79 Å².